The maximum atomic E-state index is 13.0. The number of aromatic nitrogens is 1. The number of hydrogen-bond donors (Lipinski definition) is 1. The van der Waals surface area contributed by atoms with Crippen LogP contribution in [0, 0.1) is 19.8 Å². The molecule has 1 aromatic heterocycles. The lowest BCUT2D eigenvalue weighted by Crippen LogP contribution is -2.38. The summed E-state index contributed by atoms with van der Waals surface area (Å²) >= 11 is 0. The topological polar surface area (TPSA) is 53.4 Å². The molecule has 0 bridgehead atoms. The number of nitrogens with zero attached hydrogens (tertiary/aromatic N) is 2. The van der Waals surface area contributed by atoms with E-state index >= 15 is 0 Å². The first-order valence-electron chi connectivity index (χ1n) is 8.36. The molecule has 1 amide bonds. The standard InChI is InChI=1S/C19H24N2O2/c1-13-3-4-16-17(12-14(2)20-18(16)11-13)19(23)21-8-5-15(6-9-21)7-10-22/h3-4,11-12,15,22H,5-10H2,1-2H3. The molecule has 0 saturated carbocycles. The highest BCUT2D eigenvalue weighted by Gasteiger charge is 2.24. The van der Waals surface area contributed by atoms with Crippen molar-refractivity contribution in [3.05, 3.63) is 41.1 Å². The lowest BCUT2D eigenvalue weighted by Gasteiger charge is -2.32. The van der Waals surface area contributed by atoms with Crippen LogP contribution in [-0.4, -0.2) is 40.6 Å². The molecule has 1 saturated heterocycles. The Morgan fingerprint density at radius 2 is 2.00 bits per heavy atom. The summed E-state index contributed by atoms with van der Waals surface area (Å²) in [5.74, 6) is 0.648. The van der Waals surface area contributed by atoms with E-state index in [2.05, 4.69) is 4.98 Å². The van der Waals surface area contributed by atoms with Gasteiger partial charge in [-0.1, -0.05) is 12.1 Å². The molecule has 0 radical (unpaired) electrons. The minimum Gasteiger partial charge on any atom is -0.396 e. The Labute approximate surface area is 137 Å². The van der Waals surface area contributed by atoms with Crippen LogP contribution in [0.4, 0.5) is 0 Å². The molecular weight excluding hydrogens is 288 g/mol. The van der Waals surface area contributed by atoms with Crippen LogP contribution in [0.5, 0.6) is 0 Å². The summed E-state index contributed by atoms with van der Waals surface area (Å²) in [4.78, 5) is 19.5. The minimum atomic E-state index is 0.104. The third-order valence-electron chi connectivity index (χ3n) is 4.76. The van der Waals surface area contributed by atoms with Crippen molar-refractivity contribution in [1.29, 1.82) is 0 Å². The molecule has 0 atom stereocenters. The average Bonchev–Trinajstić information content (AvgIpc) is 2.54. The lowest BCUT2D eigenvalue weighted by molar-refractivity contribution is 0.0680. The fraction of sp³-hybridized carbons (Fsp3) is 0.474. The van der Waals surface area contributed by atoms with Crippen molar-refractivity contribution in [2.45, 2.75) is 33.1 Å². The summed E-state index contributed by atoms with van der Waals surface area (Å²) in [6, 6.07) is 7.97. The molecule has 2 heterocycles. The number of carbonyl (C=O) groups is 1. The van der Waals surface area contributed by atoms with Crippen LogP contribution in [0.15, 0.2) is 24.3 Å². The van der Waals surface area contributed by atoms with E-state index in [9.17, 15) is 4.79 Å². The van der Waals surface area contributed by atoms with E-state index in [1.54, 1.807) is 0 Å². The van der Waals surface area contributed by atoms with Crippen molar-refractivity contribution in [2.75, 3.05) is 19.7 Å². The number of hydrogen-bond acceptors (Lipinski definition) is 3. The molecule has 1 N–H and O–H groups in total. The first-order chi connectivity index (χ1) is 11.1. The quantitative estimate of drug-likeness (QED) is 0.947. The molecule has 1 aromatic carbocycles. The zero-order chi connectivity index (χ0) is 16.4. The Bertz CT molecular complexity index is 713. The maximum Gasteiger partial charge on any atom is 0.254 e. The van der Waals surface area contributed by atoms with Gasteiger partial charge < -0.3 is 10.0 Å². The van der Waals surface area contributed by atoms with E-state index in [4.69, 9.17) is 5.11 Å². The van der Waals surface area contributed by atoms with Gasteiger partial charge in [-0.15, -0.1) is 0 Å². The van der Waals surface area contributed by atoms with Crippen molar-refractivity contribution in [3.8, 4) is 0 Å². The SMILES string of the molecule is Cc1ccc2c(C(=O)N3CCC(CCO)CC3)cc(C)nc2c1. The second kappa shape index (κ2) is 6.67. The van der Waals surface area contributed by atoms with Gasteiger partial charge in [0.15, 0.2) is 0 Å². The first kappa shape index (κ1) is 15.9. The fourth-order valence-corrected chi connectivity index (χ4v) is 3.43. The van der Waals surface area contributed by atoms with Gasteiger partial charge in [-0.3, -0.25) is 9.78 Å². The normalized spacial score (nSPS) is 16.0. The summed E-state index contributed by atoms with van der Waals surface area (Å²) in [5, 5.41) is 9.99. The third kappa shape index (κ3) is 3.37. The Kier molecular flexibility index (Phi) is 4.62. The molecule has 23 heavy (non-hydrogen) atoms. The van der Waals surface area contributed by atoms with Crippen LogP contribution in [0.25, 0.3) is 10.9 Å². The van der Waals surface area contributed by atoms with Gasteiger partial charge in [-0.05, 0) is 56.7 Å². The van der Waals surface area contributed by atoms with Crippen LogP contribution in [-0.2, 0) is 0 Å². The molecule has 0 spiro atoms. The van der Waals surface area contributed by atoms with E-state index in [0.29, 0.717) is 5.92 Å². The fourth-order valence-electron chi connectivity index (χ4n) is 3.43. The number of benzene rings is 1. The van der Waals surface area contributed by atoms with E-state index in [1.165, 1.54) is 0 Å². The van der Waals surface area contributed by atoms with E-state index in [0.717, 1.165) is 60.1 Å². The van der Waals surface area contributed by atoms with Gasteiger partial charge in [0.05, 0.1) is 11.1 Å². The van der Waals surface area contributed by atoms with Gasteiger partial charge in [-0.2, -0.15) is 0 Å². The highest BCUT2D eigenvalue weighted by molar-refractivity contribution is 6.06. The van der Waals surface area contributed by atoms with Gasteiger partial charge in [0, 0.05) is 30.8 Å². The highest BCUT2D eigenvalue weighted by Crippen LogP contribution is 2.25. The number of amides is 1. The lowest BCUT2D eigenvalue weighted by atomic mass is 9.93. The van der Waals surface area contributed by atoms with Gasteiger partial charge in [0.1, 0.15) is 0 Å². The molecule has 1 aliphatic rings. The number of rotatable bonds is 3. The zero-order valence-corrected chi connectivity index (χ0v) is 13.9. The number of pyridine rings is 1. The average molecular weight is 312 g/mol. The monoisotopic (exact) mass is 312 g/mol. The third-order valence-corrected chi connectivity index (χ3v) is 4.76. The maximum absolute atomic E-state index is 13.0. The van der Waals surface area contributed by atoms with E-state index in [1.807, 2.05) is 43.0 Å². The van der Waals surface area contributed by atoms with Gasteiger partial charge >= 0.3 is 0 Å². The summed E-state index contributed by atoms with van der Waals surface area (Å²) in [5.41, 5.74) is 3.68. The Hall–Kier alpha value is -1.94. The summed E-state index contributed by atoms with van der Waals surface area (Å²) in [7, 11) is 0. The van der Waals surface area contributed by atoms with Crippen LogP contribution in [0.3, 0.4) is 0 Å². The Morgan fingerprint density at radius 3 is 2.70 bits per heavy atom. The zero-order valence-electron chi connectivity index (χ0n) is 13.9. The smallest absolute Gasteiger partial charge is 0.254 e. The minimum absolute atomic E-state index is 0.104. The number of fused-ring (bicyclic) bond motifs is 1. The summed E-state index contributed by atoms with van der Waals surface area (Å²) in [6.45, 7) is 5.77. The number of likely N-dealkylation sites (tertiary alicyclic amines) is 1. The van der Waals surface area contributed by atoms with Crippen molar-refractivity contribution >= 4 is 16.8 Å². The van der Waals surface area contributed by atoms with Crippen molar-refractivity contribution in [2.24, 2.45) is 5.92 Å². The molecule has 0 aliphatic carbocycles. The molecule has 122 valence electrons. The number of aryl methyl sites for hydroxylation is 2. The predicted octanol–water partition coefficient (Wildman–Crippen LogP) is 3.09. The largest absolute Gasteiger partial charge is 0.396 e. The predicted molar refractivity (Wildman–Crippen MR) is 91.5 cm³/mol. The van der Waals surface area contributed by atoms with E-state index < -0.39 is 0 Å². The van der Waals surface area contributed by atoms with Crippen LogP contribution >= 0.6 is 0 Å². The highest BCUT2D eigenvalue weighted by atomic mass is 16.3. The molecule has 4 heteroatoms. The Morgan fingerprint density at radius 1 is 1.26 bits per heavy atom. The molecular formula is C19H24N2O2. The molecule has 2 aromatic rings. The van der Waals surface area contributed by atoms with Crippen molar-refractivity contribution in [1.82, 2.24) is 9.88 Å². The number of carbonyl (C=O) groups excluding carboxylic acids is 1. The number of piperidine rings is 1. The molecule has 4 nitrogen and oxygen atoms in total. The second-order valence-corrected chi connectivity index (χ2v) is 6.58. The van der Waals surface area contributed by atoms with Crippen molar-refractivity contribution < 1.29 is 9.90 Å². The summed E-state index contributed by atoms with van der Waals surface area (Å²) in [6.07, 6.45) is 2.80. The van der Waals surface area contributed by atoms with Gasteiger partial charge in [0.25, 0.3) is 5.91 Å². The van der Waals surface area contributed by atoms with Crippen LogP contribution in [0.2, 0.25) is 0 Å². The van der Waals surface area contributed by atoms with E-state index in [-0.39, 0.29) is 12.5 Å². The van der Waals surface area contributed by atoms with Gasteiger partial charge in [-0.25, -0.2) is 0 Å². The number of aliphatic hydroxyl groups is 1. The van der Waals surface area contributed by atoms with Gasteiger partial charge in [0.2, 0.25) is 0 Å². The first-order valence-corrected chi connectivity index (χ1v) is 8.36. The summed E-state index contributed by atoms with van der Waals surface area (Å²) < 4.78 is 0. The molecule has 1 aliphatic heterocycles. The number of aliphatic hydroxyl groups excluding tert-OH is 1. The molecule has 1 fully saturated rings. The molecule has 3 rings (SSSR count). The van der Waals surface area contributed by atoms with Crippen LogP contribution < -0.4 is 0 Å². The second-order valence-electron chi connectivity index (χ2n) is 6.58. The Balaban J connectivity index is 1.87. The van der Waals surface area contributed by atoms with Crippen LogP contribution in [0.1, 0.15) is 40.9 Å². The molecule has 0 unspecified atom stereocenters. The van der Waals surface area contributed by atoms with Crippen molar-refractivity contribution in [3.63, 3.8) is 0 Å².